The second-order valence-corrected chi connectivity index (χ2v) is 4.70. The maximum Gasteiger partial charge on any atom is 0.151 e. The van der Waals surface area contributed by atoms with Crippen LogP contribution in [0.2, 0.25) is 5.02 Å². The summed E-state index contributed by atoms with van der Waals surface area (Å²) in [6, 6.07) is 1.75. The number of rotatable bonds is 2. The van der Waals surface area contributed by atoms with E-state index in [2.05, 4.69) is 16.8 Å². The molecular formula is C12H18ClN3O. The van der Waals surface area contributed by atoms with Crippen LogP contribution in [-0.4, -0.2) is 30.8 Å². The Morgan fingerprint density at radius 1 is 1.65 bits per heavy atom. The lowest BCUT2D eigenvalue weighted by molar-refractivity contribution is 0.0664. The zero-order valence-electron chi connectivity index (χ0n) is 10.0. The third-order valence-corrected chi connectivity index (χ3v) is 3.17. The average molecular weight is 256 g/mol. The molecule has 1 fully saturated rings. The minimum Gasteiger partial charge on any atom is -0.396 e. The normalized spacial score (nSPS) is 21.3. The highest BCUT2D eigenvalue weighted by Crippen LogP contribution is 2.25. The lowest BCUT2D eigenvalue weighted by Gasteiger charge is -2.25. The molecule has 0 radical (unpaired) electrons. The van der Waals surface area contributed by atoms with Crippen LogP contribution in [0.3, 0.4) is 0 Å². The van der Waals surface area contributed by atoms with Gasteiger partial charge in [0.1, 0.15) is 0 Å². The van der Waals surface area contributed by atoms with Gasteiger partial charge in [-0.2, -0.15) is 0 Å². The molecule has 1 aliphatic rings. The van der Waals surface area contributed by atoms with Crippen molar-refractivity contribution in [2.24, 2.45) is 0 Å². The number of halogens is 1. The van der Waals surface area contributed by atoms with E-state index in [1.165, 1.54) is 0 Å². The molecule has 1 aliphatic heterocycles. The van der Waals surface area contributed by atoms with E-state index < -0.39 is 0 Å². The summed E-state index contributed by atoms with van der Waals surface area (Å²) in [5, 5.41) is 0.573. The molecule has 1 unspecified atom stereocenters. The number of ether oxygens (including phenoxy) is 1. The highest BCUT2D eigenvalue weighted by atomic mass is 35.5. The van der Waals surface area contributed by atoms with Crippen molar-refractivity contribution in [3.63, 3.8) is 0 Å². The van der Waals surface area contributed by atoms with Gasteiger partial charge in [0.25, 0.3) is 0 Å². The van der Waals surface area contributed by atoms with Crippen molar-refractivity contribution in [1.82, 2.24) is 4.98 Å². The summed E-state index contributed by atoms with van der Waals surface area (Å²) in [7, 11) is 0. The zero-order chi connectivity index (χ0) is 12.3. The molecule has 1 saturated heterocycles. The Labute approximate surface area is 107 Å². The van der Waals surface area contributed by atoms with Crippen LogP contribution >= 0.6 is 11.6 Å². The Morgan fingerprint density at radius 2 is 2.47 bits per heavy atom. The second-order valence-electron chi connectivity index (χ2n) is 4.27. The Morgan fingerprint density at radius 3 is 3.18 bits per heavy atom. The number of hydrogen-bond donors (Lipinski definition) is 1. The first-order valence-electron chi connectivity index (χ1n) is 5.98. The van der Waals surface area contributed by atoms with Crippen LogP contribution in [0.15, 0.2) is 12.3 Å². The maximum atomic E-state index is 5.96. The maximum absolute atomic E-state index is 5.96. The van der Waals surface area contributed by atoms with Crippen LogP contribution in [0.25, 0.3) is 0 Å². The molecule has 2 N–H and O–H groups in total. The zero-order valence-corrected chi connectivity index (χ0v) is 10.8. The van der Waals surface area contributed by atoms with E-state index in [0.717, 1.165) is 38.4 Å². The molecule has 0 amide bonds. The first kappa shape index (κ1) is 12.5. The molecule has 0 bridgehead atoms. The van der Waals surface area contributed by atoms with Crippen molar-refractivity contribution in [2.45, 2.75) is 25.9 Å². The highest BCUT2D eigenvalue weighted by Gasteiger charge is 2.19. The van der Waals surface area contributed by atoms with Crippen LogP contribution in [0.4, 0.5) is 11.5 Å². The molecular weight excluding hydrogens is 238 g/mol. The van der Waals surface area contributed by atoms with Gasteiger partial charge in [-0.1, -0.05) is 18.5 Å². The fourth-order valence-electron chi connectivity index (χ4n) is 2.05. The lowest BCUT2D eigenvalue weighted by Crippen LogP contribution is -2.32. The van der Waals surface area contributed by atoms with Gasteiger partial charge in [0.05, 0.1) is 16.8 Å². The van der Waals surface area contributed by atoms with Crippen LogP contribution in [0, 0.1) is 0 Å². The van der Waals surface area contributed by atoms with Gasteiger partial charge >= 0.3 is 0 Å². The standard InChI is InChI=1S/C12H18ClN3O/c1-2-10-8-16(4-3-5-17-10)12-11(14)6-9(13)7-15-12/h6-7,10H,2-5,8,14H2,1H3. The summed E-state index contributed by atoms with van der Waals surface area (Å²) >= 11 is 5.86. The van der Waals surface area contributed by atoms with E-state index in [9.17, 15) is 0 Å². The molecule has 5 heteroatoms. The first-order chi connectivity index (χ1) is 8.20. The number of nitrogens with two attached hydrogens (primary N) is 1. The Kier molecular flexibility index (Phi) is 4.07. The molecule has 0 saturated carbocycles. The SMILES string of the molecule is CCC1CN(c2ncc(Cl)cc2N)CCCO1. The molecule has 0 spiro atoms. The van der Waals surface area contributed by atoms with Crippen molar-refractivity contribution in [3.8, 4) is 0 Å². The van der Waals surface area contributed by atoms with Gasteiger partial charge in [0, 0.05) is 25.9 Å². The molecule has 2 heterocycles. The number of hydrogen-bond acceptors (Lipinski definition) is 4. The number of anilines is 2. The topological polar surface area (TPSA) is 51.4 Å². The van der Waals surface area contributed by atoms with Crippen LogP contribution in [0.5, 0.6) is 0 Å². The number of nitrogen functional groups attached to an aromatic ring is 1. The van der Waals surface area contributed by atoms with Crippen molar-refractivity contribution in [3.05, 3.63) is 17.3 Å². The minimum atomic E-state index is 0.259. The van der Waals surface area contributed by atoms with Gasteiger partial charge in [-0.25, -0.2) is 4.98 Å². The molecule has 1 atom stereocenters. The van der Waals surface area contributed by atoms with Crippen molar-refractivity contribution >= 4 is 23.1 Å². The number of aromatic nitrogens is 1. The minimum absolute atomic E-state index is 0.259. The summed E-state index contributed by atoms with van der Waals surface area (Å²) in [5.74, 6) is 0.818. The molecule has 1 aromatic rings. The summed E-state index contributed by atoms with van der Waals surface area (Å²) in [6.45, 7) is 4.71. The summed E-state index contributed by atoms with van der Waals surface area (Å²) in [4.78, 5) is 6.51. The predicted molar refractivity (Wildman–Crippen MR) is 70.5 cm³/mol. The summed E-state index contributed by atoms with van der Waals surface area (Å²) in [6.07, 6.45) is 3.90. The van der Waals surface area contributed by atoms with Crippen LogP contribution in [0.1, 0.15) is 19.8 Å². The van der Waals surface area contributed by atoms with E-state index in [1.54, 1.807) is 12.3 Å². The van der Waals surface area contributed by atoms with E-state index in [-0.39, 0.29) is 6.10 Å². The van der Waals surface area contributed by atoms with Gasteiger partial charge < -0.3 is 15.4 Å². The monoisotopic (exact) mass is 255 g/mol. The average Bonchev–Trinajstić information content (AvgIpc) is 2.54. The summed E-state index contributed by atoms with van der Waals surface area (Å²) in [5.41, 5.74) is 6.59. The predicted octanol–water partition coefficient (Wildman–Crippen LogP) is 2.32. The lowest BCUT2D eigenvalue weighted by atomic mass is 10.2. The van der Waals surface area contributed by atoms with Gasteiger partial charge in [0.15, 0.2) is 5.82 Å². The van der Waals surface area contributed by atoms with E-state index in [1.807, 2.05) is 0 Å². The highest BCUT2D eigenvalue weighted by molar-refractivity contribution is 6.30. The quantitative estimate of drug-likeness (QED) is 0.881. The fourth-order valence-corrected chi connectivity index (χ4v) is 2.21. The van der Waals surface area contributed by atoms with Crippen LogP contribution in [-0.2, 0) is 4.74 Å². The Balaban J connectivity index is 2.19. The molecule has 4 nitrogen and oxygen atoms in total. The largest absolute Gasteiger partial charge is 0.396 e. The van der Waals surface area contributed by atoms with Gasteiger partial charge in [-0.3, -0.25) is 0 Å². The molecule has 0 aromatic carbocycles. The molecule has 0 aliphatic carbocycles. The Bertz CT molecular complexity index is 386. The molecule has 2 rings (SSSR count). The second kappa shape index (κ2) is 5.56. The third kappa shape index (κ3) is 3.01. The summed E-state index contributed by atoms with van der Waals surface area (Å²) < 4.78 is 5.73. The van der Waals surface area contributed by atoms with E-state index in [0.29, 0.717) is 10.7 Å². The van der Waals surface area contributed by atoms with Crippen molar-refractivity contribution < 1.29 is 4.74 Å². The van der Waals surface area contributed by atoms with Crippen molar-refractivity contribution in [1.29, 1.82) is 0 Å². The molecule has 94 valence electrons. The smallest absolute Gasteiger partial charge is 0.151 e. The van der Waals surface area contributed by atoms with Gasteiger partial charge in [-0.15, -0.1) is 0 Å². The van der Waals surface area contributed by atoms with E-state index >= 15 is 0 Å². The third-order valence-electron chi connectivity index (χ3n) is 2.97. The molecule has 17 heavy (non-hydrogen) atoms. The Hall–Kier alpha value is -1.00. The van der Waals surface area contributed by atoms with Crippen molar-refractivity contribution in [2.75, 3.05) is 30.3 Å². The number of nitrogens with zero attached hydrogens (tertiary/aromatic N) is 2. The number of pyridine rings is 1. The van der Waals surface area contributed by atoms with E-state index in [4.69, 9.17) is 22.1 Å². The van der Waals surface area contributed by atoms with Gasteiger partial charge in [-0.05, 0) is 18.9 Å². The first-order valence-corrected chi connectivity index (χ1v) is 6.36. The fraction of sp³-hybridized carbons (Fsp3) is 0.583. The molecule has 1 aromatic heterocycles. The van der Waals surface area contributed by atoms with Crippen LogP contribution < -0.4 is 10.6 Å². The van der Waals surface area contributed by atoms with Gasteiger partial charge in [0.2, 0.25) is 0 Å².